The number of hydrogen-bond donors (Lipinski definition) is 1. The van der Waals surface area contributed by atoms with E-state index in [4.69, 9.17) is 10.5 Å². The van der Waals surface area contributed by atoms with E-state index in [2.05, 4.69) is 12.0 Å². The summed E-state index contributed by atoms with van der Waals surface area (Å²) in [6.45, 7) is 3.02. The van der Waals surface area contributed by atoms with Gasteiger partial charge in [-0.25, -0.2) is 0 Å². The molecule has 1 aromatic rings. The predicted octanol–water partition coefficient (Wildman–Crippen LogP) is 0.845. The molecule has 0 spiro atoms. The molecule has 1 aliphatic rings. The Morgan fingerprint density at radius 1 is 1.71 bits per heavy atom. The molecule has 4 nitrogen and oxygen atoms in total. The largest absolute Gasteiger partial charge is 0.376 e. The fraction of sp³-hybridized carbons (Fsp3) is 0.700. The smallest absolute Gasteiger partial charge is 0.0809 e. The van der Waals surface area contributed by atoms with Crippen LogP contribution in [0.25, 0.3) is 0 Å². The minimum Gasteiger partial charge on any atom is -0.376 e. The molecule has 3 unspecified atom stereocenters. The minimum atomic E-state index is -0.0556. The van der Waals surface area contributed by atoms with E-state index in [1.165, 1.54) is 0 Å². The van der Waals surface area contributed by atoms with Crippen molar-refractivity contribution in [2.45, 2.75) is 25.5 Å². The van der Waals surface area contributed by atoms with Gasteiger partial charge in [0.2, 0.25) is 0 Å². The number of nitrogens with two attached hydrogens (primary N) is 1. The summed E-state index contributed by atoms with van der Waals surface area (Å²) in [5, 5.41) is 4.12. The first kappa shape index (κ1) is 9.68. The van der Waals surface area contributed by atoms with Crippen molar-refractivity contribution in [3.8, 4) is 0 Å². The first-order chi connectivity index (χ1) is 6.70. The molecule has 2 N–H and O–H groups in total. The number of hydrogen-bond acceptors (Lipinski definition) is 3. The van der Waals surface area contributed by atoms with Crippen LogP contribution in [-0.4, -0.2) is 22.5 Å². The molecule has 1 aliphatic heterocycles. The molecule has 2 heterocycles. The van der Waals surface area contributed by atoms with Gasteiger partial charge in [0.25, 0.3) is 0 Å². The zero-order valence-electron chi connectivity index (χ0n) is 8.68. The Bertz CT molecular complexity index is 310. The van der Waals surface area contributed by atoms with Crippen LogP contribution in [0.2, 0.25) is 0 Å². The lowest BCUT2D eigenvalue weighted by Crippen LogP contribution is -2.31. The van der Waals surface area contributed by atoms with Crippen LogP contribution in [0.5, 0.6) is 0 Å². The van der Waals surface area contributed by atoms with Gasteiger partial charge in [0.15, 0.2) is 0 Å². The third-order valence-electron chi connectivity index (χ3n) is 3.00. The van der Waals surface area contributed by atoms with Crippen molar-refractivity contribution in [1.82, 2.24) is 9.78 Å². The normalized spacial score (nSPS) is 29.4. The van der Waals surface area contributed by atoms with Gasteiger partial charge in [-0.2, -0.15) is 5.10 Å². The highest BCUT2D eigenvalue weighted by Crippen LogP contribution is 2.29. The second-order valence-corrected chi connectivity index (χ2v) is 4.01. The number of rotatable bonds is 2. The minimum absolute atomic E-state index is 0.0556. The predicted molar refractivity (Wildman–Crippen MR) is 53.7 cm³/mol. The van der Waals surface area contributed by atoms with Crippen LogP contribution in [-0.2, 0) is 11.8 Å². The summed E-state index contributed by atoms with van der Waals surface area (Å²) in [6, 6.07) is 1.90. The Hall–Kier alpha value is -0.870. The zero-order chi connectivity index (χ0) is 10.1. The van der Waals surface area contributed by atoms with Crippen LogP contribution < -0.4 is 5.73 Å². The van der Waals surface area contributed by atoms with Crippen molar-refractivity contribution in [1.29, 1.82) is 0 Å². The van der Waals surface area contributed by atoms with Gasteiger partial charge in [0.1, 0.15) is 0 Å². The molecule has 0 radical (unpaired) electrons. The lowest BCUT2D eigenvalue weighted by molar-refractivity contribution is 0.0703. The van der Waals surface area contributed by atoms with Gasteiger partial charge in [0, 0.05) is 19.9 Å². The zero-order valence-corrected chi connectivity index (χ0v) is 8.68. The second kappa shape index (κ2) is 3.71. The van der Waals surface area contributed by atoms with E-state index in [9.17, 15) is 0 Å². The molecule has 0 amide bonds. The van der Waals surface area contributed by atoms with Crippen LogP contribution >= 0.6 is 0 Å². The van der Waals surface area contributed by atoms with Crippen molar-refractivity contribution < 1.29 is 4.74 Å². The highest BCUT2D eigenvalue weighted by Gasteiger charge is 2.31. The molecule has 0 saturated carbocycles. The lowest BCUT2D eigenvalue weighted by atomic mass is 9.96. The Morgan fingerprint density at radius 2 is 2.50 bits per heavy atom. The fourth-order valence-corrected chi connectivity index (χ4v) is 2.06. The quantitative estimate of drug-likeness (QED) is 0.761. The first-order valence-corrected chi connectivity index (χ1v) is 5.05. The molecule has 2 rings (SSSR count). The topological polar surface area (TPSA) is 53.1 Å². The van der Waals surface area contributed by atoms with Crippen LogP contribution in [0, 0.1) is 5.92 Å². The van der Waals surface area contributed by atoms with Gasteiger partial charge in [-0.05, 0) is 18.4 Å². The van der Waals surface area contributed by atoms with Crippen molar-refractivity contribution in [2.75, 3.05) is 6.61 Å². The van der Waals surface area contributed by atoms with Gasteiger partial charge >= 0.3 is 0 Å². The molecule has 1 fully saturated rings. The van der Waals surface area contributed by atoms with Gasteiger partial charge in [-0.15, -0.1) is 0 Å². The van der Waals surface area contributed by atoms with E-state index in [-0.39, 0.29) is 12.1 Å². The summed E-state index contributed by atoms with van der Waals surface area (Å²) < 4.78 is 7.46. The van der Waals surface area contributed by atoms with Crippen molar-refractivity contribution >= 4 is 0 Å². The van der Waals surface area contributed by atoms with Crippen LogP contribution in [0.4, 0.5) is 0 Å². The first-order valence-electron chi connectivity index (χ1n) is 5.05. The summed E-state index contributed by atoms with van der Waals surface area (Å²) in [6.07, 6.45) is 3.02. The Kier molecular flexibility index (Phi) is 2.56. The molecule has 14 heavy (non-hydrogen) atoms. The van der Waals surface area contributed by atoms with Crippen LogP contribution in [0.1, 0.15) is 25.1 Å². The number of nitrogens with zero attached hydrogens (tertiary/aromatic N) is 2. The molecule has 1 aromatic heterocycles. The van der Waals surface area contributed by atoms with Gasteiger partial charge < -0.3 is 10.5 Å². The molecule has 0 aliphatic carbocycles. The van der Waals surface area contributed by atoms with Crippen LogP contribution in [0.15, 0.2) is 12.3 Å². The van der Waals surface area contributed by atoms with Crippen LogP contribution in [0.3, 0.4) is 0 Å². The van der Waals surface area contributed by atoms with E-state index in [1.807, 2.05) is 17.8 Å². The highest BCUT2D eigenvalue weighted by atomic mass is 16.5. The SMILES string of the molecule is CC1CCOC1C(N)c1ccnn1C. The average molecular weight is 195 g/mol. The third-order valence-corrected chi connectivity index (χ3v) is 3.00. The molecular weight excluding hydrogens is 178 g/mol. The maximum Gasteiger partial charge on any atom is 0.0809 e. The van der Waals surface area contributed by atoms with Gasteiger partial charge in [0.05, 0.1) is 17.8 Å². The molecule has 78 valence electrons. The molecule has 3 atom stereocenters. The molecular formula is C10H17N3O. The summed E-state index contributed by atoms with van der Waals surface area (Å²) in [5.74, 6) is 0.542. The summed E-state index contributed by atoms with van der Waals surface area (Å²) in [4.78, 5) is 0. The fourth-order valence-electron chi connectivity index (χ4n) is 2.06. The van der Waals surface area contributed by atoms with E-state index in [1.54, 1.807) is 6.20 Å². The molecule has 0 bridgehead atoms. The molecule has 0 aromatic carbocycles. The maximum absolute atomic E-state index is 6.15. The maximum atomic E-state index is 6.15. The van der Waals surface area contributed by atoms with E-state index >= 15 is 0 Å². The highest BCUT2D eigenvalue weighted by molar-refractivity contribution is 5.09. The standard InChI is InChI=1S/C10H17N3O/c1-7-4-6-14-10(7)9(11)8-3-5-12-13(8)2/h3,5,7,9-10H,4,6,11H2,1-2H3. The van der Waals surface area contributed by atoms with E-state index in [0.717, 1.165) is 18.7 Å². The molecule has 4 heteroatoms. The van der Waals surface area contributed by atoms with Crippen molar-refractivity contribution in [3.05, 3.63) is 18.0 Å². The lowest BCUT2D eigenvalue weighted by Gasteiger charge is -2.22. The Morgan fingerprint density at radius 3 is 3.00 bits per heavy atom. The second-order valence-electron chi connectivity index (χ2n) is 4.01. The van der Waals surface area contributed by atoms with Gasteiger partial charge in [-0.1, -0.05) is 6.92 Å². The van der Waals surface area contributed by atoms with E-state index in [0.29, 0.717) is 5.92 Å². The summed E-state index contributed by atoms with van der Waals surface area (Å²) >= 11 is 0. The Labute approximate surface area is 84.0 Å². The molecule has 1 saturated heterocycles. The summed E-state index contributed by atoms with van der Waals surface area (Å²) in [5.41, 5.74) is 7.20. The Balaban J connectivity index is 2.15. The van der Waals surface area contributed by atoms with Gasteiger partial charge in [-0.3, -0.25) is 4.68 Å². The van der Waals surface area contributed by atoms with Crippen molar-refractivity contribution in [2.24, 2.45) is 18.7 Å². The van der Waals surface area contributed by atoms with E-state index < -0.39 is 0 Å². The number of aryl methyl sites for hydroxylation is 1. The monoisotopic (exact) mass is 195 g/mol. The summed E-state index contributed by atoms with van der Waals surface area (Å²) in [7, 11) is 1.91. The number of ether oxygens (including phenoxy) is 1. The average Bonchev–Trinajstić information content (AvgIpc) is 2.73. The third kappa shape index (κ3) is 1.55. The van der Waals surface area contributed by atoms with Crippen molar-refractivity contribution in [3.63, 3.8) is 0 Å². The number of aromatic nitrogens is 2.